The van der Waals surface area contributed by atoms with Crippen LogP contribution in [0.5, 0.6) is 0 Å². The van der Waals surface area contributed by atoms with E-state index in [4.69, 9.17) is 0 Å². The lowest BCUT2D eigenvalue weighted by Crippen LogP contribution is -2.36. The molecule has 134 valence electrons. The Morgan fingerprint density at radius 1 is 1.42 bits per heavy atom. The zero-order chi connectivity index (χ0) is 17.5. The van der Waals surface area contributed by atoms with Gasteiger partial charge in [0.15, 0.2) is 0 Å². The van der Waals surface area contributed by atoms with Crippen LogP contribution >= 0.6 is 0 Å². The van der Waals surface area contributed by atoms with E-state index in [0.717, 1.165) is 38.4 Å². The van der Waals surface area contributed by atoms with Crippen molar-refractivity contribution in [2.75, 3.05) is 13.1 Å². The number of hydrogen-bond acceptors (Lipinski definition) is 2. The summed E-state index contributed by atoms with van der Waals surface area (Å²) in [6.45, 7) is 6.10. The number of carbonyl (C=O) groups is 1. The standard InChI is InChI=1S/C19H28F2N2O/c1-3-5-18(16-8-7-15(20)11-17(16)21)23-19(24)10-13(2)14-6-4-9-22-12-14/h7-8,11,13-14,18,22H,3-6,9-10,12H2,1-2H3,(H,23,24). The highest BCUT2D eigenvalue weighted by Gasteiger charge is 2.24. The Morgan fingerprint density at radius 2 is 2.21 bits per heavy atom. The molecule has 0 spiro atoms. The lowest BCUT2D eigenvalue weighted by atomic mass is 9.85. The summed E-state index contributed by atoms with van der Waals surface area (Å²) in [6, 6.07) is 3.14. The van der Waals surface area contributed by atoms with Crippen molar-refractivity contribution in [1.29, 1.82) is 0 Å². The first-order valence-electron chi connectivity index (χ1n) is 8.96. The highest BCUT2D eigenvalue weighted by molar-refractivity contribution is 5.76. The summed E-state index contributed by atoms with van der Waals surface area (Å²) in [7, 11) is 0. The first-order valence-corrected chi connectivity index (χ1v) is 8.96. The second kappa shape index (κ2) is 9.11. The molecule has 1 heterocycles. The van der Waals surface area contributed by atoms with E-state index in [0.29, 0.717) is 24.3 Å². The predicted octanol–water partition coefficient (Wildman–Crippen LogP) is 3.95. The highest BCUT2D eigenvalue weighted by Crippen LogP contribution is 2.25. The average Bonchev–Trinajstić information content (AvgIpc) is 2.55. The summed E-state index contributed by atoms with van der Waals surface area (Å²) in [4.78, 5) is 12.4. The van der Waals surface area contributed by atoms with Crippen LogP contribution in [0.25, 0.3) is 0 Å². The first kappa shape index (κ1) is 18.8. The molecular weight excluding hydrogens is 310 g/mol. The molecule has 24 heavy (non-hydrogen) atoms. The molecule has 1 saturated heterocycles. The van der Waals surface area contributed by atoms with E-state index < -0.39 is 17.7 Å². The molecule has 0 radical (unpaired) electrons. The minimum absolute atomic E-state index is 0.0600. The van der Waals surface area contributed by atoms with Gasteiger partial charge in [-0.3, -0.25) is 4.79 Å². The van der Waals surface area contributed by atoms with Crippen molar-refractivity contribution in [1.82, 2.24) is 10.6 Å². The van der Waals surface area contributed by atoms with Gasteiger partial charge in [-0.2, -0.15) is 0 Å². The van der Waals surface area contributed by atoms with Crippen LogP contribution in [0.4, 0.5) is 8.78 Å². The van der Waals surface area contributed by atoms with Gasteiger partial charge in [0.1, 0.15) is 11.6 Å². The van der Waals surface area contributed by atoms with Gasteiger partial charge in [0, 0.05) is 18.1 Å². The fourth-order valence-corrected chi connectivity index (χ4v) is 3.46. The molecule has 3 atom stereocenters. The summed E-state index contributed by atoms with van der Waals surface area (Å²) < 4.78 is 27.1. The molecule has 1 amide bonds. The van der Waals surface area contributed by atoms with Crippen molar-refractivity contribution in [3.05, 3.63) is 35.4 Å². The van der Waals surface area contributed by atoms with E-state index in [-0.39, 0.29) is 11.8 Å². The van der Waals surface area contributed by atoms with Crippen molar-refractivity contribution in [2.24, 2.45) is 11.8 Å². The molecule has 1 aromatic carbocycles. The van der Waals surface area contributed by atoms with Crippen molar-refractivity contribution in [3.63, 3.8) is 0 Å². The maximum atomic E-state index is 14.0. The fraction of sp³-hybridized carbons (Fsp3) is 0.632. The molecule has 3 unspecified atom stereocenters. The Labute approximate surface area is 143 Å². The van der Waals surface area contributed by atoms with Crippen LogP contribution in [0.2, 0.25) is 0 Å². The molecule has 2 N–H and O–H groups in total. The van der Waals surface area contributed by atoms with E-state index >= 15 is 0 Å². The van der Waals surface area contributed by atoms with E-state index in [1.807, 2.05) is 6.92 Å². The van der Waals surface area contributed by atoms with Gasteiger partial charge in [-0.05, 0) is 50.3 Å². The largest absolute Gasteiger partial charge is 0.349 e. The lowest BCUT2D eigenvalue weighted by molar-refractivity contribution is -0.123. The topological polar surface area (TPSA) is 41.1 Å². The Balaban J connectivity index is 1.97. The van der Waals surface area contributed by atoms with Gasteiger partial charge in [0.2, 0.25) is 5.91 Å². The number of nitrogens with one attached hydrogen (secondary N) is 2. The molecule has 5 heteroatoms. The maximum Gasteiger partial charge on any atom is 0.220 e. The van der Waals surface area contributed by atoms with E-state index in [2.05, 4.69) is 17.6 Å². The van der Waals surface area contributed by atoms with Crippen LogP contribution in [-0.2, 0) is 4.79 Å². The molecule has 3 nitrogen and oxygen atoms in total. The minimum Gasteiger partial charge on any atom is -0.349 e. The normalized spacial score (nSPS) is 20.4. The first-order chi connectivity index (χ1) is 11.5. The average molecular weight is 338 g/mol. The molecular formula is C19H28F2N2O. The summed E-state index contributed by atoms with van der Waals surface area (Å²) in [5.74, 6) is -0.459. The molecule has 0 bridgehead atoms. The second-order valence-corrected chi connectivity index (χ2v) is 6.86. The molecule has 0 aromatic heterocycles. The second-order valence-electron chi connectivity index (χ2n) is 6.86. The smallest absolute Gasteiger partial charge is 0.220 e. The number of hydrogen-bond donors (Lipinski definition) is 2. The van der Waals surface area contributed by atoms with Crippen LogP contribution in [0.1, 0.15) is 57.6 Å². The molecule has 0 aliphatic carbocycles. The van der Waals surface area contributed by atoms with E-state index in [1.165, 1.54) is 12.1 Å². The maximum absolute atomic E-state index is 14.0. The Hall–Kier alpha value is -1.49. The monoisotopic (exact) mass is 338 g/mol. The zero-order valence-electron chi connectivity index (χ0n) is 14.6. The van der Waals surface area contributed by atoms with Crippen LogP contribution in [0.3, 0.4) is 0 Å². The Bertz CT molecular complexity index is 544. The van der Waals surface area contributed by atoms with Gasteiger partial charge in [-0.1, -0.05) is 26.3 Å². The van der Waals surface area contributed by atoms with Crippen LogP contribution in [-0.4, -0.2) is 19.0 Å². The van der Waals surface area contributed by atoms with Crippen molar-refractivity contribution >= 4 is 5.91 Å². The highest BCUT2D eigenvalue weighted by atomic mass is 19.1. The number of rotatable bonds is 7. The van der Waals surface area contributed by atoms with Crippen LogP contribution < -0.4 is 10.6 Å². The van der Waals surface area contributed by atoms with Gasteiger partial charge in [-0.25, -0.2) is 8.78 Å². The predicted molar refractivity (Wildman–Crippen MR) is 91.5 cm³/mol. The molecule has 1 fully saturated rings. The summed E-state index contributed by atoms with van der Waals surface area (Å²) in [6.07, 6.45) is 4.18. The molecule has 2 rings (SSSR count). The quantitative estimate of drug-likeness (QED) is 0.790. The van der Waals surface area contributed by atoms with Crippen molar-refractivity contribution < 1.29 is 13.6 Å². The third kappa shape index (κ3) is 5.26. The molecule has 1 aromatic rings. The van der Waals surface area contributed by atoms with Gasteiger partial charge in [0.05, 0.1) is 6.04 Å². The SMILES string of the molecule is CCCC(NC(=O)CC(C)C1CCCNC1)c1ccc(F)cc1F. The number of piperidine rings is 1. The summed E-state index contributed by atoms with van der Waals surface area (Å²) in [5.41, 5.74) is 0.360. The summed E-state index contributed by atoms with van der Waals surface area (Å²) in [5, 5.41) is 6.31. The van der Waals surface area contributed by atoms with E-state index in [1.54, 1.807) is 0 Å². The van der Waals surface area contributed by atoms with Crippen molar-refractivity contribution in [2.45, 2.75) is 52.0 Å². The number of benzene rings is 1. The third-order valence-corrected chi connectivity index (χ3v) is 4.90. The molecule has 1 aliphatic rings. The van der Waals surface area contributed by atoms with Gasteiger partial charge in [-0.15, -0.1) is 0 Å². The Kier molecular flexibility index (Phi) is 7.16. The minimum atomic E-state index is -0.601. The molecule has 0 saturated carbocycles. The van der Waals surface area contributed by atoms with Gasteiger partial charge >= 0.3 is 0 Å². The van der Waals surface area contributed by atoms with Crippen LogP contribution in [0.15, 0.2) is 18.2 Å². The van der Waals surface area contributed by atoms with Gasteiger partial charge in [0.25, 0.3) is 0 Å². The lowest BCUT2D eigenvalue weighted by Gasteiger charge is -2.28. The number of halogens is 2. The van der Waals surface area contributed by atoms with Gasteiger partial charge < -0.3 is 10.6 Å². The Morgan fingerprint density at radius 3 is 2.83 bits per heavy atom. The van der Waals surface area contributed by atoms with E-state index in [9.17, 15) is 13.6 Å². The summed E-state index contributed by atoms with van der Waals surface area (Å²) >= 11 is 0. The number of carbonyl (C=O) groups excluding carboxylic acids is 1. The van der Waals surface area contributed by atoms with Crippen LogP contribution in [0, 0.1) is 23.5 Å². The zero-order valence-corrected chi connectivity index (χ0v) is 14.6. The number of amides is 1. The third-order valence-electron chi connectivity index (χ3n) is 4.90. The molecule has 1 aliphatic heterocycles. The van der Waals surface area contributed by atoms with Crippen molar-refractivity contribution in [3.8, 4) is 0 Å². The fourth-order valence-electron chi connectivity index (χ4n) is 3.46.